The number of likely N-dealkylation sites (tertiary alicyclic amines) is 1. The third-order valence-corrected chi connectivity index (χ3v) is 5.29. The van der Waals surface area contributed by atoms with Crippen molar-refractivity contribution in [2.45, 2.75) is 38.6 Å². The number of carbonyl (C=O) groups is 1. The molecule has 0 bridgehead atoms. The van der Waals surface area contributed by atoms with Crippen LogP contribution in [0.2, 0.25) is 5.02 Å². The van der Waals surface area contributed by atoms with Crippen LogP contribution in [0.3, 0.4) is 0 Å². The van der Waals surface area contributed by atoms with E-state index < -0.39 is 0 Å². The average molecular weight is 405 g/mol. The molecule has 1 fully saturated rings. The van der Waals surface area contributed by atoms with Gasteiger partial charge in [0.05, 0.1) is 6.04 Å². The minimum absolute atomic E-state index is 0.0731. The summed E-state index contributed by atoms with van der Waals surface area (Å²) in [5.74, 6) is 0.208. The van der Waals surface area contributed by atoms with Crippen LogP contribution in [-0.2, 0) is 11.2 Å². The Morgan fingerprint density at radius 3 is 2.78 bits per heavy atom. The van der Waals surface area contributed by atoms with E-state index in [0.29, 0.717) is 17.3 Å². The standard InChI is InChI=1S/C22H26Cl2N2O/c1-5-16(4)25-20-11-8-18(24)13-17(20)7-9-19-10-12-21(15(3)14-23)26(19)22(27)6-2/h6,8-9,11,13,21,25H,2-5,7,10,12,14H2,1H3/b19-9-. The van der Waals surface area contributed by atoms with E-state index in [1.165, 1.54) is 6.08 Å². The van der Waals surface area contributed by atoms with E-state index in [1.54, 1.807) is 4.90 Å². The Balaban J connectivity index is 2.29. The third-order valence-electron chi connectivity index (χ3n) is 4.71. The van der Waals surface area contributed by atoms with Crippen molar-refractivity contribution in [2.24, 2.45) is 0 Å². The summed E-state index contributed by atoms with van der Waals surface area (Å²) in [6, 6.07) is 5.67. The molecule has 0 aliphatic carbocycles. The van der Waals surface area contributed by atoms with Gasteiger partial charge in [0, 0.05) is 28.0 Å². The zero-order valence-electron chi connectivity index (χ0n) is 15.7. The number of hydrogen-bond donors (Lipinski definition) is 1. The number of rotatable bonds is 8. The Hall–Kier alpha value is -1.97. The first kappa shape index (κ1) is 21.3. The van der Waals surface area contributed by atoms with Gasteiger partial charge in [0.25, 0.3) is 5.91 Å². The topological polar surface area (TPSA) is 32.3 Å². The van der Waals surface area contributed by atoms with Crippen LogP contribution in [-0.4, -0.2) is 22.7 Å². The SMILES string of the molecule is C=CC(=O)N1/C(=C\Cc2cc(Cl)ccc2NC(=C)CC)CCC1C(=C)CCl. The molecule has 1 N–H and O–H groups in total. The van der Waals surface area contributed by atoms with E-state index in [2.05, 4.69) is 31.1 Å². The highest BCUT2D eigenvalue weighted by atomic mass is 35.5. The molecule has 1 aliphatic rings. The largest absolute Gasteiger partial charge is 0.359 e. The zero-order valence-corrected chi connectivity index (χ0v) is 17.2. The van der Waals surface area contributed by atoms with Crippen molar-refractivity contribution in [3.05, 3.63) is 77.6 Å². The van der Waals surface area contributed by atoms with Gasteiger partial charge < -0.3 is 10.2 Å². The van der Waals surface area contributed by atoms with Gasteiger partial charge in [0.15, 0.2) is 0 Å². The lowest BCUT2D eigenvalue weighted by molar-refractivity contribution is -0.124. The third kappa shape index (κ3) is 5.27. The quantitative estimate of drug-likeness (QED) is 0.323. The van der Waals surface area contributed by atoms with Gasteiger partial charge in [0.1, 0.15) is 0 Å². The van der Waals surface area contributed by atoms with E-state index in [4.69, 9.17) is 23.2 Å². The van der Waals surface area contributed by atoms with Crippen LogP contribution in [0.5, 0.6) is 0 Å². The molecule has 2 rings (SSSR count). The maximum absolute atomic E-state index is 12.4. The molecule has 0 spiro atoms. The molecular formula is C22H26Cl2N2O. The number of hydrogen-bond acceptors (Lipinski definition) is 2. The Bertz CT molecular complexity index is 783. The van der Waals surface area contributed by atoms with Gasteiger partial charge in [-0.1, -0.05) is 44.3 Å². The van der Waals surface area contributed by atoms with Gasteiger partial charge in [-0.15, -0.1) is 11.6 Å². The Kier molecular flexibility index (Phi) is 7.76. The minimum atomic E-state index is -0.126. The fourth-order valence-corrected chi connectivity index (χ4v) is 3.54. The van der Waals surface area contributed by atoms with Crippen LogP contribution in [0, 0.1) is 0 Å². The number of nitrogens with zero attached hydrogens (tertiary/aromatic N) is 1. The second-order valence-corrected chi connectivity index (χ2v) is 7.25. The fraction of sp³-hybridized carbons (Fsp3) is 0.318. The lowest BCUT2D eigenvalue weighted by Gasteiger charge is -2.26. The number of alkyl halides is 1. The molecule has 1 aliphatic heterocycles. The molecule has 27 heavy (non-hydrogen) atoms. The molecule has 5 heteroatoms. The number of carbonyl (C=O) groups excluding carboxylic acids is 1. The van der Waals surface area contributed by atoms with Gasteiger partial charge in [-0.25, -0.2) is 0 Å². The molecule has 1 amide bonds. The van der Waals surface area contributed by atoms with Crippen LogP contribution < -0.4 is 5.32 Å². The van der Waals surface area contributed by atoms with Crippen molar-refractivity contribution in [1.82, 2.24) is 4.90 Å². The summed E-state index contributed by atoms with van der Waals surface area (Å²) in [6.45, 7) is 13.7. The van der Waals surface area contributed by atoms with Crippen LogP contribution >= 0.6 is 23.2 Å². The molecule has 1 aromatic carbocycles. The smallest absolute Gasteiger partial charge is 0.250 e. The summed E-state index contributed by atoms with van der Waals surface area (Å²) in [7, 11) is 0. The number of halogens is 2. The Morgan fingerprint density at radius 1 is 1.41 bits per heavy atom. The zero-order chi connectivity index (χ0) is 20.0. The molecule has 1 atom stereocenters. The van der Waals surface area contributed by atoms with E-state index in [9.17, 15) is 4.79 Å². The van der Waals surface area contributed by atoms with Gasteiger partial charge in [0.2, 0.25) is 0 Å². The molecular weight excluding hydrogens is 379 g/mol. The van der Waals surface area contributed by atoms with E-state index in [0.717, 1.165) is 47.5 Å². The average Bonchev–Trinajstić information content (AvgIpc) is 3.10. The number of benzene rings is 1. The van der Waals surface area contributed by atoms with Gasteiger partial charge in [-0.05, 0) is 61.1 Å². The maximum atomic E-state index is 12.4. The molecule has 1 unspecified atom stereocenters. The first-order valence-corrected chi connectivity index (χ1v) is 9.94. The van der Waals surface area contributed by atoms with Crippen molar-refractivity contribution >= 4 is 34.8 Å². The van der Waals surface area contributed by atoms with Crippen molar-refractivity contribution in [1.29, 1.82) is 0 Å². The molecule has 1 saturated heterocycles. The number of anilines is 1. The van der Waals surface area contributed by atoms with Gasteiger partial charge >= 0.3 is 0 Å². The second kappa shape index (κ2) is 9.82. The number of amides is 1. The summed E-state index contributed by atoms with van der Waals surface area (Å²) in [5, 5.41) is 4.01. The van der Waals surface area contributed by atoms with Gasteiger partial charge in [-0.3, -0.25) is 4.79 Å². The highest BCUT2D eigenvalue weighted by molar-refractivity contribution is 6.30. The predicted octanol–water partition coefficient (Wildman–Crippen LogP) is 6.07. The Labute approximate surface area is 172 Å². The van der Waals surface area contributed by atoms with Crippen molar-refractivity contribution < 1.29 is 4.79 Å². The highest BCUT2D eigenvalue weighted by Gasteiger charge is 2.32. The first-order valence-electron chi connectivity index (χ1n) is 9.02. The van der Waals surface area contributed by atoms with Gasteiger partial charge in [-0.2, -0.15) is 0 Å². The Morgan fingerprint density at radius 2 is 2.15 bits per heavy atom. The number of nitrogens with one attached hydrogen (secondary N) is 1. The molecule has 0 radical (unpaired) electrons. The summed E-state index contributed by atoms with van der Waals surface area (Å²) in [6.07, 6.45) is 6.53. The molecule has 0 aromatic heterocycles. The predicted molar refractivity (Wildman–Crippen MR) is 116 cm³/mol. The summed E-state index contributed by atoms with van der Waals surface area (Å²) < 4.78 is 0. The minimum Gasteiger partial charge on any atom is -0.359 e. The molecule has 0 saturated carbocycles. The first-order chi connectivity index (χ1) is 12.9. The summed E-state index contributed by atoms with van der Waals surface area (Å²) in [4.78, 5) is 14.2. The van der Waals surface area contributed by atoms with E-state index in [-0.39, 0.29) is 11.9 Å². The molecule has 1 aromatic rings. The number of allylic oxidation sites excluding steroid dienone is 3. The van der Waals surface area contributed by atoms with Crippen molar-refractivity contribution in [3.63, 3.8) is 0 Å². The highest BCUT2D eigenvalue weighted by Crippen LogP contribution is 2.33. The normalized spacial score (nSPS) is 17.8. The molecule has 3 nitrogen and oxygen atoms in total. The summed E-state index contributed by atoms with van der Waals surface area (Å²) >= 11 is 12.1. The summed E-state index contributed by atoms with van der Waals surface area (Å²) in [5.41, 5.74) is 4.78. The van der Waals surface area contributed by atoms with E-state index in [1.807, 2.05) is 25.1 Å². The van der Waals surface area contributed by atoms with E-state index >= 15 is 0 Å². The second-order valence-electron chi connectivity index (χ2n) is 6.54. The van der Waals surface area contributed by atoms with Crippen LogP contribution in [0.1, 0.15) is 31.7 Å². The monoisotopic (exact) mass is 404 g/mol. The molecule has 144 valence electrons. The van der Waals surface area contributed by atoms with Crippen molar-refractivity contribution in [3.8, 4) is 0 Å². The van der Waals surface area contributed by atoms with Crippen molar-refractivity contribution in [2.75, 3.05) is 11.2 Å². The molecule has 1 heterocycles. The maximum Gasteiger partial charge on any atom is 0.250 e. The van der Waals surface area contributed by atoms with Crippen LogP contribution in [0.4, 0.5) is 5.69 Å². The fourth-order valence-electron chi connectivity index (χ4n) is 3.16. The van der Waals surface area contributed by atoms with Crippen LogP contribution in [0.15, 0.2) is 67.1 Å². The lowest BCUT2D eigenvalue weighted by atomic mass is 10.1. The lowest BCUT2D eigenvalue weighted by Crippen LogP contribution is -2.34. The van der Waals surface area contributed by atoms with Crippen LogP contribution in [0.25, 0.3) is 0 Å².